The molecule has 0 aliphatic heterocycles. The Labute approximate surface area is 111 Å². The molecule has 0 atom stereocenters. The lowest BCUT2D eigenvalue weighted by Crippen LogP contribution is -2.32. The van der Waals surface area contributed by atoms with E-state index in [4.69, 9.17) is 10.5 Å². The number of methoxy groups -OCH3 is 1. The lowest BCUT2D eigenvalue weighted by atomic mass is 10.0. The summed E-state index contributed by atoms with van der Waals surface area (Å²) >= 11 is 0. The first-order valence-corrected chi connectivity index (χ1v) is 6.59. The Morgan fingerprint density at radius 3 is 2.50 bits per heavy atom. The molecule has 0 fully saturated rings. The number of hydrogen-bond acceptors (Lipinski definition) is 3. The van der Waals surface area contributed by atoms with Crippen LogP contribution >= 0.6 is 0 Å². The summed E-state index contributed by atoms with van der Waals surface area (Å²) < 4.78 is 5.46. The highest BCUT2D eigenvalue weighted by molar-refractivity contribution is 5.46. The maximum atomic E-state index is 5.98. The van der Waals surface area contributed by atoms with Gasteiger partial charge in [0, 0.05) is 25.9 Å². The van der Waals surface area contributed by atoms with Crippen LogP contribution in [0.25, 0.3) is 0 Å². The molecule has 0 bridgehead atoms. The van der Waals surface area contributed by atoms with Gasteiger partial charge in [-0.3, -0.25) is 4.90 Å². The quantitative estimate of drug-likeness (QED) is 0.756. The minimum absolute atomic E-state index is 0.0599. The third kappa shape index (κ3) is 4.67. The number of para-hydroxylation sites is 1. The summed E-state index contributed by atoms with van der Waals surface area (Å²) in [4.78, 5) is 2.40. The van der Waals surface area contributed by atoms with Crippen LogP contribution in [0, 0.1) is 0 Å². The van der Waals surface area contributed by atoms with Crippen LogP contribution < -0.4 is 5.73 Å². The third-order valence-corrected chi connectivity index (χ3v) is 3.48. The van der Waals surface area contributed by atoms with Crippen LogP contribution in [0.15, 0.2) is 24.3 Å². The lowest BCUT2D eigenvalue weighted by molar-refractivity contribution is 0.00720. The van der Waals surface area contributed by atoms with Crippen molar-refractivity contribution in [1.29, 1.82) is 0 Å². The summed E-state index contributed by atoms with van der Waals surface area (Å²) in [5, 5.41) is 0. The fourth-order valence-corrected chi connectivity index (χ4v) is 1.80. The number of rotatable bonds is 7. The van der Waals surface area contributed by atoms with E-state index in [1.54, 1.807) is 7.11 Å². The second kappa shape index (κ2) is 6.76. The molecule has 0 aliphatic carbocycles. The van der Waals surface area contributed by atoms with Gasteiger partial charge in [0.1, 0.15) is 0 Å². The number of benzene rings is 1. The Kier molecular flexibility index (Phi) is 5.63. The van der Waals surface area contributed by atoms with Crippen LogP contribution in [0.3, 0.4) is 0 Å². The number of nitrogens with two attached hydrogens (primary N) is 1. The fourth-order valence-electron chi connectivity index (χ4n) is 1.80. The van der Waals surface area contributed by atoms with Crippen molar-refractivity contribution in [3.05, 3.63) is 29.8 Å². The van der Waals surface area contributed by atoms with Gasteiger partial charge in [0.15, 0.2) is 0 Å². The normalized spacial score (nSPS) is 12.1. The van der Waals surface area contributed by atoms with Crippen molar-refractivity contribution in [1.82, 2.24) is 4.90 Å². The Morgan fingerprint density at radius 1 is 1.28 bits per heavy atom. The first kappa shape index (κ1) is 15.0. The summed E-state index contributed by atoms with van der Waals surface area (Å²) in [5.74, 6) is 0. The van der Waals surface area contributed by atoms with Crippen molar-refractivity contribution in [3.8, 4) is 0 Å². The van der Waals surface area contributed by atoms with Gasteiger partial charge in [-0.25, -0.2) is 0 Å². The Balaban J connectivity index is 2.55. The van der Waals surface area contributed by atoms with Crippen molar-refractivity contribution < 1.29 is 4.74 Å². The molecule has 0 radical (unpaired) electrons. The Morgan fingerprint density at radius 2 is 1.94 bits per heavy atom. The van der Waals surface area contributed by atoms with Gasteiger partial charge < -0.3 is 10.5 Å². The average molecular weight is 250 g/mol. The monoisotopic (exact) mass is 250 g/mol. The molecule has 0 saturated carbocycles. The first-order valence-electron chi connectivity index (χ1n) is 6.59. The van der Waals surface area contributed by atoms with E-state index < -0.39 is 0 Å². The molecule has 18 heavy (non-hydrogen) atoms. The highest BCUT2D eigenvalue weighted by Crippen LogP contribution is 2.17. The molecule has 0 spiro atoms. The van der Waals surface area contributed by atoms with E-state index in [2.05, 4.69) is 31.7 Å². The van der Waals surface area contributed by atoms with E-state index in [0.29, 0.717) is 0 Å². The number of nitrogen functional groups attached to an aromatic ring is 1. The maximum Gasteiger partial charge on any atom is 0.0634 e. The Hall–Kier alpha value is -1.06. The third-order valence-electron chi connectivity index (χ3n) is 3.48. The number of anilines is 1. The smallest absolute Gasteiger partial charge is 0.0634 e. The predicted molar refractivity (Wildman–Crippen MR) is 77.5 cm³/mol. The molecule has 0 unspecified atom stereocenters. The Bertz CT molecular complexity index is 363. The van der Waals surface area contributed by atoms with Crippen LogP contribution in [0.2, 0.25) is 0 Å². The van der Waals surface area contributed by atoms with Crippen molar-refractivity contribution >= 4 is 5.69 Å². The van der Waals surface area contributed by atoms with E-state index in [0.717, 1.165) is 31.7 Å². The van der Waals surface area contributed by atoms with Crippen LogP contribution in [-0.4, -0.2) is 30.7 Å². The SMILES string of the molecule is CCN(CCC(C)(C)OC)Cc1ccccc1N. The van der Waals surface area contributed by atoms with E-state index >= 15 is 0 Å². The second-order valence-electron chi connectivity index (χ2n) is 5.28. The van der Waals surface area contributed by atoms with Crippen molar-refractivity contribution in [2.75, 3.05) is 25.9 Å². The van der Waals surface area contributed by atoms with Crippen LogP contribution in [0.1, 0.15) is 32.8 Å². The first-order chi connectivity index (χ1) is 8.48. The molecule has 0 amide bonds. The fraction of sp³-hybridized carbons (Fsp3) is 0.600. The summed E-state index contributed by atoms with van der Waals surface area (Å²) in [6, 6.07) is 8.07. The molecule has 0 aliphatic rings. The zero-order valence-electron chi connectivity index (χ0n) is 12.1. The number of hydrogen-bond donors (Lipinski definition) is 1. The summed E-state index contributed by atoms with van der Waals surface area (Å²) in [7, 11) is 1.77. The van der Waals surface area contributed by atoms with Gasteiger partial charge in [-0.05, 0) is 38.4 Å². The zero-order valence-corrected chi connectivity index (χ0v) is 12.1. The van der Waals surface area contributed by atoms with Crippen LogP contribution in [0.5, 0.6) is 0 Å². The van der Waals surface area contributed by atoms with Gasteiger partial charge in [-0.2, -0.15) is 0 Å². The minimum Gasteiger partial charge on any atom is -0.398 e. The highest BCUT2D eigenvalue weighted by atomic mass is 16.5. The summed E-state index contributed by atoms with van der Waals surface area (Å²) in [5.41, 5.74) is 8.00. The molecule has 2 N–H and O–H groups in total. The number of nitrogens with zero attached hydrogens (tertiary/aromatic N) is 1. The molecule has 1 aromatic carbocycles. The van der Waals surface area contributed by atoms with E-state index in [-0.39, 0.29) is 5.60 Å². The van der Waals surface area contributed by atoms with E-state index in [1.807, 2.05) is 18.2 Å². The largest absolute Gasteiger partial charge is 0.398 e. The second-order valence-corrected chi connectivity index (χ2v) is 5.28. The maximum absolute atomic E-state index is 5.98. The molecule has 0 saturated heterocycles. The van der Waals surface area contributed by atoms with Gasteiger partial charge in [-0.15, -0.1) is 0 Å². The molecule has 1 aromatic rings. The minimum atomic E-state index is -0.0599. The van der Waals surface area contributed by atoms with Crippen molar-refractivity contribution in [2.24, 2.45) is 0 Å². The molecule has 102 valence electrons. The number of ether oxygens (including phenoxy) is 1. The molecule has 3 heteroatoms. The topological polar surface area (TPSA) is 38.5 Å². The molecule has 3 nitrogen and oxygen atoms in total. The van der Waals surface area contributed by atoms with Gasteiger partial charge in [-0.1, -0.05) is 25.1 Å². The van der Waals surface area contributed by atoms with Gasteiger partial charge in [0.25, 0.3) is 0 Å². The highest BCUT2D eigenvalue weighted by Gasteiger charge is 2.17. The zero-order chi connectivity index (χ0) is 13.6. The van der Waals surface area contributed by atoms with Gasteiger partial charge in [0.05, 0.1) is 5.60 Å². The van der Waals surface area contributed by atoms with E-state index in [9.17, 15) is 0 Å². The van der Waals surface area contributed by atoms with Crippen molar-refractivity contribution in [3.63, 3.8) is 0 Å². The summed E-state index contributed by atoms with van der Waals surface area (Å²) in [6.45, 7) is 9.37. The molecular formula is C15H26N2O. The molecule has 0 aromatic heterocycles. The van der Waals surface area contributed by atoms with Crippen molar-refractivity contribution in [2.45, 2.75) is 39.3 Å². The standard InChI is InChI=1S/C15H26N2O/c1-5-17(11-10-15(2,3)18-4)12-13-8-6-7-9-14(13)16/h6-9H,5,10-12,16H2,1-4H3. The van der Waals surface area contributed by atoms with Crippen LogP contribution in [0.4, 0.5) is 5.69 Å². The lowest BCUT2D eigenvalue weighted by Gasteiger charge is -2.28. The van der Waals surface area contributed by atoms with E-state index in [1.165, 1.54) is 5.56 Å². The molecular weight excluding hydrogens is 224 g/mol. The van der Waals surface area contributed by atoms with Crippen LogP contribution in [-0.2, 0) is 11.3 Å². The average Bonchev–Trinajstić information content (AvgIpc) is 2.36. The summed E-state index contributed by atoms with van der Waals surface area (Å²) in [6.07, 6.45) is 1.02. The predicted octanol–water partition coefficient (Wildman–Crippen LogP) is 2.91. The molecule has 0 heterocycles. The van der Waals surface area contributed by atoms with Gasteiger partial charge in [0.2, 0.25) is 0 Å². The van der Waals surface area contributed by atoms with Gasteiger partial charge >= 0.3 is 0 Å². The molecule has 1 rings (SSSR count).